The van der Waals surface area contributed by atoms with E-state index in [1.54, 1.807) is 43.3 Å². The van der Waals surface area contributed by atoms with Crippen molar-refractivity contribution in [3.63, 3.8) is 0 Å². The number of benzene rings is 2. The van der Waals surface area contributed by atoms with Gasteiger partial charge in [0.25, 0.3) is 0 Å². The molecule has 7 heteroatoms. The van der Waals surface area contributed by atoms with Crippen molar-refractivity contribution in [1.82, 2.24) is 4.98 Å². The second kappa shape index (κ2) is 9.47. The Morgan fingerprint density at radius 2 is 1.90 bits per heavy atom. The SMILES string of the molecule is CCOC(=O)c1cccc(Cc2cc(Cl)ccc2OCc2ccc(F)cc2F)n1. The highest BCUT2D eigenvalue weighted by Gasteiger charge is 2.12. The molecule has 3 rings (SSSR count). The Hall–Kier alpha value is -2.99. The minimum absolute atomic E-state index is 0.0724. The van der Waals surface area contributed by atoms with E-state index in [0.717, 1.165) is 6.07 Å². The maximum Gasteiger partial charge on any atom is 0.356 e. The molecule has 0 saturated carbocycles. The van der Waals surface area contributed by atoms with Gasteiger partial charge in [0.2, 0.25) is 0 Å². The summed E-state index contributed by atoms with van der Waals surface area (Å²) in [6.07, 6.45) is 0.342. The first-order chi connectivity index (χ1) is 14.0. The predicted molar refractivity (Wildman–Crippen MR) is 105 cm³/mol. The Morgan fingerprint density at radius 3 is 2.66 bits per heavy atom. The van der Waals surface area contributed by atoms with Crippen LogP contribution in [-0.4, -0.2) is 17.6 Å². The molecule has 0 radical (unpaired) electrons. The summed E-state index contributed by atoms with van der Waals surface area (Å²) in [4.78, 5) is 16.2. The van der Waals surface area contributed by atoms with Crippen molar-refractivity contribution in [2.45, 2.75) is 20.0 Å². The molecule has 0 fully saturated rings. The molecule has 0 saturated heterocycles. The highest BCUT2D eigenvalue weighted by Crippen LogP contribution is 2.26. The van der Waals surface area contributed by atoms with E-state index < -0.39 is 17.6 Å². The van der Waals surface area contributed by atoms with Crippen LogP contribution in [0.2, 0.25) is 5.02 Å². The number of ether oxygens (including phenoxy) is 2. The Morgan fingerprint density at radius 1 is 1.07 bits per heavy atom. The first-order valence-electron chi connectivity index (χ1n) is 8.94. The van der Waals surface area contributed by atoms with Crippen molar-refractivity contribution in [2.24, 2.45) is 0 Å². The normalized spacial score (nSPS) is 10.6. The van der Waals surface area contributed by atoms with Gasteiger partial charge in [-0.25, -0.2) is 18.6 Å². The zero-order chi connectivity index (χ0) is 20.8. The van der Waals surface area contributed by atoms with Gasteiger partial charge in [-0.2, -0.15) is 0 Å². The molecule has 4 nitrogen and oxygen atoms in total. The van der Waals surface area contributed by atoms with Crippen LogP contribution in [0.5, 0.6) is 5.75 Å². The lowest BCUT2D eigenvalue weighted by molar-refractivity contribution is 0.0519. The number of carbonyl (C=O) groups excluding carboxylic acids is 1. The molecule has 0 atom stereocenters. The van der Waals surface area contributed by atoms with E-state index in [4.69, 9.17) is 21.1 Å². The molecule has 29 heavy (non-hydrogen) atoms. The number of hydrogen-bond donors (Lipinski definition) is 0. The number of halogens is 3. The Bertz CT molecular complexity index is 1030. The molecule has 0 unspecified atom stereocenters. The second-order valence-corrected chi connectivity index (χ2v) is 6.62. The summed E-state index contributed by atoms with van der Waals surface area (Å²) in [5.41, 5.74) is 1.78. The summed E-state index contributed by atoms with van der Waals surface area (Å²) in [7, 11) is 0. The Balaban J connectivity index is 1.80. The van der Waals surface area contributed by atoms with Gasteiger partial charge in [-0.15, -0.1) is 0 Å². The molecule has 0 aliphatic carbocycles. The van der Waals surface area contributed by atoms with Gasteiger partial charge >= 0.3 is 5.97 Å². The third-order valence-electron chi connectivity index (χ3n) is 4.08. The zero-order valence-electron chi connectivity index (χ0n) is 15.6. The molecule has 0 bridgehead atoms. The van der Waals surface area contributed by atoms with Crippen molar-refractivity contribution in [3.8, 4) is 5.75 Å². The molecule has 0 N–H and O–H groups in total. The highest BCUT2D eigenvalue weighted by molar-refractivity contribution is 6.30. The quantitative estimate of drug-likeness (QED) is 0.485. The van der Waals surface area contributed by atoms with Crippen molar-refractivity contribution in [3.05, 3.63) is 93.8 Å². The maximum absolute atomic E-state index is 13.9. The summed E-state index contributed by atoms with van der Waals surface area (Å²) < 4.78 is 37.6. The van der Waals surface area contributed by atoms with Crippen LogP contribution in [0, 0.1) is 11.6 Å². The van der Waals surface area contributed by atoms with Crippen molar-refractivity contribution in [2.75, 3.05) is 6.61 Å². The number of nitrogens with zero attached hydrogens (tertiary/aromatic N) is 1. The first-order valence-corrected chi connectivity index (χ1v) is 9.32. The van der Waals surface area contributed by atoms with Crippen LogP contribution in [0.4, 0.5) is 8.78 Å². The summed E-state index contributed by atoms with van der Waals surface area (Å²) in [6, 6.07) is 13.4. The van der Waals surface area contributed by atoms with Crippen LogP contribution in [-0.2, 0) is 17.8 Å². The lowest BCUT2D eigenvalue weighted by Gasteiger charge is -2.13. The molecule has 0 aliphatic heterocycles. The van der Waals surface area contributed by atoms with Gasteiger partial charge < -0.3 is 9.47 Å². The van der Waals surface area contributed by atoms with Crippen LogP contribution in [0.25, 0.3) is 0 Å². The summed E-state index contributed by atoms with van der Waals surface area (Å²) in [5, 5.41) is 0.502. The average Bonchev–Trinajstić information content (AvgIpc) is 2.69. The minimum Gasteiger partial charge on any atom is -0.489 e. The van der Waals surface area contributed by atoms with E-state index >= 15 is 0 Å². The topological polar surface area (TPSA) is 48.4 Å². The highest BCUT2D eigenvalue weighted by atomic mass is 35.5. The monoisotopic (exact) mass is 417 g/mol. The number of carbonyl (C=O) groups is 1. The second-order valence-electron chi connectivity index (χ2n) is 6.19. The molecule has 2 aromatic carbocycles. The Labute approximate surface area is 172 Å². The van der Waals surface area contributed by atoms with Crippen molar-refractivity contribution in [1.29, 1.82) is 0 Å². The third kappa shape index (κ3) is 5.51. The van der Waals surface area contributed by atoms with Crippen LogP contribution in [0.15, 0.2) is 54.6 Å². The van der Waals surface area contributed by atoms with E-state index in [-0.39, 0.29) is 24.5 Å². The van der Waals surface area contributed by atoms with E-state index in [2.05, 4.69) is 4.98 Å². The summed E-state index contributed by atoms with van der Waals surface area (Å²) in [6.45, 7) is 1.91. The number of hydrogen-bond acceptors (Lipinski definition) is 4. The van der Waals surface area contributed by atoms with Crippen LogP contribution >= 0.6 is 11.6 Å². The predicted octanol–water partition coefficient (Wildman–Crippen LogP) is 5.36. The lowest BCUT2D eigenvalue weighted by Crippen LogP contribution is -2.08. The van der Waals surface area contributed by atoms with Gasteiger partial charge in [-0.1, -0.05) is 17.7 Å². The molecular formula is C22H18ClF2NO3. The summed E-state index contributed by atoms with van der Waals surface area (Å²) in [5.74, 6) is -1.33. The van der Waals surface area contributed by atoms with E-state index in [1.807, 2.05) is 0 Å². The first kappa shape index (κ1) is 20.7. The zero-order valence-corrected chi connectivity index (χ0v) is 16.4. The molecule has 0 amide bonds. The number of aromatic nitrogens is 1. The number of pyridine rings is 1. The largest absolute Gasteiger partial charge is 0.489 e. The molecule has 3 aromatic rings. The molecule has 0 aliphatic rings. The fraction of sp³-hybridized carbons (Fsp3) is 0.182. The van der Waals surface area contributed by atoms with Crippen molar-refractivity contribution < 1.29 is 23.0 Å². The number of esters is 1. The fourth-order valence-electron chi connectivity index (χ4n) is 2.71. The average molecular weight is 418 g/mol. The minimum atomic E-state index is -0.677. The molecule has 1 heterocycles. The third-order valence-corrected chi connectivity index (χ3v) is 4.32. The fourth-order valence-corrected chi connectivity index (χ4v) is 2.91. The smallest absolute Gasteiger partial charge is 0.356 e. The van der Waals surface area contributed by atoms with Crippen molar-refractivity contribution >= 4 is 17.6 Å². The van der Waals surface area contributed by atoms with E-state index in [9.17, 15) is 13.6 Å². The van der Waals surface area contributed by atoms with Crippen LogP contribution < -0.4 is 4.74 Å². The van der Waals surface area contributed by atoms with Gasteiger partial charge in [-0.05, 0) is 49.4 Å². The van der Waals surface area contributed by atoms with E-state index in [0.29, 0.717) is 28.5 Å². The lowest BCUT2D eigenvalue weighted by atomic mass is 10.1. The Kier molecular flexibility index (Phi) is 6.77. The molecule has 1 aromatic heterocycles. The molecule has 150 valence electrons. The summed E-state index contributed by atoms with van der Waals surface area (Å²) >= 11 is 6.11. The van der Waals surface area contributed by atoms with Gasteiger partial charge in [-0.3, -0.25) is 0 Å². The van der Waals surface area contributed by atoms with E-state index in [1.165, 1.54) is 12.1 Å². The maximum atomic E-state index is 13.9. The van der Waals surface area contributed by atoms with Gasteiger partial charge in [0.05, 0.1) is 6.61 Å². The molecule has 0 spiro atoms. The number of rotatable bonds is 7. The van der Waals surface area contributed by atoms with Gasteiger partial charge in [0, 0.05) is 34.3 Å². The van der Waals surface area contributed by atoms with Gasteiger partial charge in [0.15, 0.2) is 0 Å². The standard InChI is InChI=1S/C22H18ClF2NO3/c1-2-28-22(27)20-5-3-4-18(26-20)11-15-10-16(23)7-9-21(15)29-13-14-6-8-17(24)12-19(14)25/h3-10,12H,2,11,13H2,1H3. The van der Waals surface area contributed by atoms with Crippen LogP contribution in [0.3, 0.4) is 0 Å². The van der Waals surface area contributed by atoms with Gasteiger partial charge in [0.1, 0.15) is 29.7 Å². The molecular weight excluding hydrogens is 400 g/mol. The van der Waals surface area contributed by atoms with Crippen LogP contribution in [0.1, 0.15) is 34.2 Å².